The largest absolute Gasteiger partial charge is 0.349 e. The van der Waals surface area contributed by atoms with Gasteiger partial charge >= 0.3 is 0 Å². The highest BCUT2D eigenvalue weighted by Crippen LogP contribution is 2.12. The monoisotopic (exact) mass is 276 g/mol. The highest BCUT2D eigenvalue weighted by Gasteiger charge is 2.03. The molecule has 2 heterocycles. The fourth-order valence-corrected chi connectivity index (χ4v) is 1.87. The first kappa shape index (κ1) is 11.9. The van der Waals surface area contributed by atoms with Crippen LogP contribution < -0.4 is 5.32 Å². The van der Waals surface area contributed by atoms with E-state index >= 15 is 0 Å². The maximum atomic E-state index is 12.8. The third-order valence-corrected chi connectivity index (χ3v) is 2.88. The lowest BCUT2D eigenvalue weighted by atomic mass is 10.2. The molecular weight excluding hydrogens is 267 g/mol. The second-order valence-electron chi connectivity index (χ2n) is 4.07. The summed E-state index contributed by atoms with van der Waals surface area (Å²) in [6, 6.07) is 9.83. The first-order valence-electron chi connectivity index (χ1n) is 5.71. The summed E-state index contributed by atoms with van der Waals surface area (Å²) in [7, 11) is 0. The fourth-order valence-electron chi connectivity index (χ4n) is 1.72. The van der Waals surface area contributed by atoms with Crippen LogP contribution in [0.2, 0.25) is 5.02 Å². The minimum absolute atomic E-state index is 0.246. The average molecular weight is 277 g/mol. The third-order valence-electron chi connectivity index (χ3n) is 2.66. The van der Waals surface area contributed by atoms with E-state index < -0.39 is 0 Å². The Kier molecular flexibility index (Phi) is 3.05. The molecule has 0 unspecified atom stereocenters. The van der Waals surface area contributed by atoms with E-state index in [1.54, 1.807) is 35.0 Å². The molecule has 1 N–H and O–H groups in total. The molecule has 0 radical (unpaired) electrons. The van der Waals surface area contributed by atoms with E-state index in [4.69, 9.17) is 11.6 Å². The molecule has 0 spiro atoms. The van der Waals surface area contributed by atoms with Gasteiger partial charge in [0.15, 0.2) is 5.65 Å². The van der Waals surface area contributed by atoms with Gasteiger partial charge in [0, 0.05) is 12.7 Å². The molecule has 0 atom stereocenters. The maximum Gasteiger partial charge on any atom is 0.243 e. The summed E-state index contributed by atoms with van der Waals surface area (Å²) in [5, 5.41) is 7.92. The Hall–Kier alpha value is -2.14. The smallest absolute Gasteiger partial charge is 0.243 e. The summed E-state index contributed by atoms with van der Waals surface area (Å²) < 4.78 is 14.4. The highest BCUT2D eigenvalue weighted by atomic mass is 35.5. The van der Waals surface area contributed by atoms with Gasteiger partial charge in [-0.1, -0.05) is 23.7 Å². The SMILES string of the molecule is Fc1ccc(CNc2nc3ccc(Cl)cn3n2)cc1. The van der Waals surface area contributed by atoms with E-state index in [2.05, 4.69) is 15.4 Å². The van der Waals surface area contributed by atoms with E-state index in [0.29, 0.717) is 23.2 Å². The standard InChI is InChI=1S/C13H10ClFN4/c14-10-3-6-12-17-13(18-19(12)8-10)16-7-9-1-4-11(15)5-2-9/h1-6,8H,7H2,(H,16,18). The van der Waals surface area contributed by atoms with Gasteiger partial charge in [0.05, 0.1) is 5.02 Å². The predicted octanol–water partition coefficient (Wildman–Crippen LogP) is 3.13. The summed E-state index contributed by atoms with van der Waals surface area (Å²) in [6.07, 6.45) is 1.69. The van der Waals surface area contributed by atoms with Crippen molar-refractivity contribution in [3.63, 3.8) is 0 Å². The van der Waals surface area contributed by atoms with E-state index in [9.17, 15) is 4.39 Å². The average Bonchev–Trinajstić information content (AvgIpc) is 2.80. The van der Waals surface area contributed by atoms with Crippen LogP contribution in [-0.4, -0.2) is 14.6 Å². The highest BCUT2D eigenvalue weighted by molar-refractivity contribution is 6.30. The Labute approximate surface area is 113 Å². The number of anilines is 1. The molecule has 1 aromatic carbocycles. The second-order valence-corrected chi connectivity index (χ2v) is 4.50. The van der Waals surface area contributed by atoms with Gasteiger partial charge in [-0.2, -0.15) is 4.98 Å². The molecule has 0 amide bonds. The van der Waals surface area contributed by atoms with E-state index in [-0.39, 0.29) is 5.82 Å². The van der Waals surface area contributed by atoms with Crippen LogP contribution in [0.25, 0.3) is 5.65 Å². The molecular formula is C13H10ClFN4. The Bertz CT molecular complexity index is 708. The van der Waals surface area contributed by atoms with Gasteiger partial charge in [0.1, 0.15) is 5.82 Å². The van der Waals surface area contributed by atoms with Crippen molar-refractivity contribution in [3.05, 3.63) is 59.0 Å². The van der Waals surface area contributed by atoms with Crippen LogP contribution in [0.1, 0.15) is 5.56 Å². The summed E-state index contributed by atoms with van der Waals surface area (Å²) in [4.78, 5) is 4.29. The molecule has 0 saturated heterocycles. The van der Waals surface area contributed by atoms with Crippen LogP contribution in [0.15, 0.2) is 42.6 Å². The number of pyridine rings is 1. The molecule has 0 bridgehead atoms. The summed E-state index contributed by atoms with van der Waals surface area (Å²) in [6.45, 7) is 0.533. The van der Waals surface area contributed by atoms with Crippen molar-refractivity contribution in [1.82, 2.24) is 14.6 Å². The van der Waals surface area contributed by atoms with E-state index in [1.165, 1.54) is 12.1 Å². The number of fused-ring (bicyclic) bond motifs is 1. The first-order chi connectivity index (χ1) is 9.20. The molecule has 0 saturated carbocycles. The lowest BCUT2D eigenvalue weighted by Gasteiger charge is -2.01. The van der Waals surface area contributed by atoms with Gasteiger partial charge < -0.3 is 5.32 Å². The van der Waals surface area contributed by atoms with Crippen LogP contribution >= 0.6 is 11.6 Å². The minimum Gasteiger partial charge on any atom is -0.349 e. The molecule has 19 heavy (non-hydrogen) atoms. The van der Waals surface area contributed by atoms with E-state index in [0.717, 1.165) is 5.56 Å². The molecule has 4 nitrogen and oxygen atoms in total. The van der Waals surface area contributed by atoms with Crippen LogP contribution in [0.5, 0.6) is 0 Å². The van der Waals surface area contributed by atoms with Crippen LogP contribution in [0.4, 0.5) is 10.3 Å². The molecule has 96 valence electrons. The Morgan fingerprint density at radius 3 is 2.74 bits per heavy atom. The zero-order valence-corrected chi connectivity index (χ0v) is 10.6. The fraction of sp³-hybridized carbons (Fsp3) is 0.0769. The lowest BCUT2D eigenvalue weighted by Crippen LogP contribution is -2.01. The number of halogens is 2. The molecule has 6 heteroatoms. The number of hydrogen-bond donors (Lipinski definition) is 1. The van der Waals surface area contributed by atoms with Crippen LogP contribution in [0, 0.1) is 5.82 Å². The topological polar surface area (TPSA) is 42.2 Å². The molecule has 0 aliphatic carbocycles. The normalized spacial score (nSPS) is 10.8. The number of benzene rings is 1. The summed E-state index contributed by atoms with van der Waals surface area (Å²) in [5.41, 5.74) is 1.67. The van der Waals surface area contributed by atoms with E-state index in [1.807, 2.05) is 0 Å². The Morgan fingerprint density at radius 1 is 1.16 bits per heavy atom. The zero-order chi connectivity index (χ0) is 13.2. The van der Waals surface area contributed by atoms with Crippen molar-refractivity contribution in [2.45, 2.75) is 6.54 Å². The number of nitrogens with one attached hydrogen (secondary N) is 1. The van der Waals surface area contributed by atoms with Gasteiger partial charge in [0.25, 0.3) is 0 Å². The van der Waals surface area contributed by atoms with Crippen molar-refractivity contribution in [2.75, 3.05) is 5.32 Å². The predicted molar refractivity (Wildman–Crippen MR) is 71.7 cm³/mol. The Morgan fingerprint density at radius 2 is 1.95 bits per heavy atom. The molecule has 3 aromatic rings. The second kappa shape index (κ2) is 4.85. The number of hydrogen-bond acceptors (Lipinski definition) is 3. The molecule has 2 aromatic heterocycles. The molecule has 0 aliphatic rings. The summed E-state index contributed by atoms with van der Waals surface area (Å²) in [5.74, 6) is 0.260. The zero-order valence-electron chi connectivity index (χ0n) is 9.85. The van der Waals surface area contributed by atoms with Crippen molar-refractivity contribution in [3.8, 4) is 0 Å². The van der Waals surface area contributed by atoms with Crippen molar-refractivity contribution in [1.29, 1.82) is 0 Å². The lowest BCUT2D eigenvalue weighted by molar-refractivity contribution is 0.627. The molecule has 3 rings (SSSR count). The van der Waals surface area contributed by atoms with Gasteiger partial charge in [0.2, 0.25) is 5.95 Å². The van der Waals surface area contributed by atoms with Gasteiger partial charge in [-0.05, 0) is 29.8 Å². The quantitative estimate of drug-likeness (QED) is 0.799. The van der Waals surface area contributed by atoms with Gasteiger partial charge in [-0.15, -0.1) is 5.10 Å². The number of nitrogens with zero attached hydrogens (tertiary/aromatic N) is 3. The molecule has 0 fully saturated rings. The maximum absolute atomic E-state index is 12.8. The van der Waals surface area contributed by atoms with Crippen LogP contribution in [0.3, 0.4) is 0 Å². The molecule has 0 aliphatic heterocycles. The third kappa shape index (κ3) is 2.66. The van der Waals surface area contributed by atoms with Gasteiger partial charge in [-0.25, -0.2) is 8.91 Å². The van der Waals surface area contributed by atoms with Crippen molar-refractivity contribution in [2.24, 2.45) is 0 Å². The van der Waals surface area contributed by atoms with Gasteiger partial charge in [-0.3, -0.25) is 0 Å². The van der Waals surface area contributed by atoms with Crippen LogP contribution in [-0.2, 0) is 6.54 Å². The number of aromatic nitrogens is 3. The Balaban J connectivity index is 1.76. The first-order valence-corrected chi connectivity index (χ1v) is 6.09. The number of rotatable bonds is 3. The van der Waals surface area contributed by atoms with Crippen molar-refractivity contribution >= 4 is 23.2 Å². The summed E-state index contributed by atoms with van der Waals surface area (Å²) >= 11 is 5.87. The van der Waals surface area contributed by atoms with Crippen molar-refractivity contribution < 1.29 is 4.39 Å². The minimum atomic E-state index is -0.246.